The fourth-order valence-corrected chi connectivity index (χ4v) is 3.36. The van der Waals surface area contributed by atoms with Crippen LogP contribution in [0.2, 0.25) is 0 Å². The Kier molecular flexibility index (Phi) is 6.75. The Morgan fingerprint density at radius 2 is 1.72 bits per heavy atom. The molecule has 0 radical (unpaired) electrons. The molecule has 0 aliphatic carbocycles. The summed E-state index contributed by atoms with van der Waals surface area (Å²) in [5.74, 6) is -0.334. The van der Waals surface area contributed by atoms with Crippen LogP contribution in [-0.4, -0.2) is 31.4 Å². The van der Waals surface area contributed by atoms with Crippen molar-refractivity contribution < 1.29 is 13.2 Å². The molecule has 7 heteroatoms. The second-order valence-electron chi connectivity index (χ2n) is 5.86. The third-order valence-corrected chi connectivity index (χ3v) is 5.46. The van der Waals surface area contributed by atoms with Crippen molar-refractivity contribution in [1.82, 2.24) is 9.62 Å². The van der Waals surface area contributed by atoms with E-state index in [1.54, 1.807) is 0 Å². The molecule has 0 bridgehead atoms. The van der Waals surface area contributed by atoms with E-state index in [9.17, 15) is 13.2 Å². The van der Waals surface area contributed by atoms with Crippen LogP contribution in [0.4, 0.5) is 0 Å². The van der Waals surface area contributed by atoms with Gasteiger partial charge in [0.15, 0.2) is 0 Å². The van der Waals surface area contributed by atoms with Crippen LogP contribution in [0.3, 0.4) is 0 Å². The lowest BCUT2D eigenvalue weighted by molar-refractivity contribution is -0.122. The molecule has 134 valence electrons. The standard InChI is InChI=1S/C18H21BrN2O3S/c1-14(16-6-4-3-5-7-16)20-18(22)13-21(25(2,23)24)12-15-8-10-17(19)11-9-15/h3-11,14H,12-13H2,1-2H3,(H,20,22)/t14-/m1/s1. The Labute approximate surface area is 157 Å². The first-order chi connectivity index (χ1) is 11.8. The number of carbonyl (C=O) groups excluding carboxylic acids is 1. The van der Waals surface area contributed by atoms with Gasteiger partial charge in [-0.05, 0) is 30.2 Å². The second kappa shape index (κ2) is 8.60. The number of benzene rings is 2. The number of hydrogen-bond acceptors (Lipinski definition) is 3. The van der Waals surface area contributed by atoms with Crippen molar-refractivity contribution in [1.29, 1.82) is 0 Å². The van der Waals surface area contributed by atoms with Crippen molar-refractivity contribution in [3.63, 3.8) is 0 Å². The summed E-state index contributed by atoms with van der Waals surface area (Å²) in [5, 5.41) is 2.84. The van der Waals surface area contributed by atoms with Crippen LogP contribution in [0.1, 0.15) is 24.1 Å². The molecule has 5 nitrogen and oxygen atoms in total. The Morgan fingerprint density at radius 1 is 1.12 bits per heavy atom. The minimum Gasteiger partial charge on any atom is -0.348 e. The van der Waals surface area contributed by atoms with Crippen molar-refractivity contribution >= 4 is 31.9 Å². The lowest BCUT2D eigenvalue weighted by Crippen LogP contribution is -2.40. The van der Waals surface area contributed by atoms with Crippen molar-refractivity contribution in [2.24, 2.45) is 0 Å². The van der Waals surface area contributed by atoms with Crippen LogP contribution in [0.25, 0.3) is 0 Å². The number of nitrogens with zero attached hydrogens (tertiary/aromatic N) is 1. The summed E-state index contributed by atoms with van der Waals surface area (Å²) in [6.45, 7) is 1.80. The fraction of sp³-hybridized carbons (Fsp3) is 0.278. The zero-order valence-electron chi connectivity index (χ0n) is 14.1. The Hall–Kier alpha value is -1.70. The van der Waals surface area contributed by atoms with Gasteiger partial charge < -0.3 is 5.32 Å². The first kappa shape index (κ1) is 19.6. The summed E-state index contributed by atoms with van der Waals surface area (Å²) in [6.07, 6.45) is 1.11. The van der Waals surface area contributed by atoms with Crippen LogP contribution in [0.15, 0.2) is 59.1 Å². The molecule has 0 aromatic heterocycles. The van der Waals surface area contributed by atoms with E-state index in [1.165, 1.54) is 4.31 Å². The first-order valence-corrected chi connectivity index (χ1v) is 10.4. The van der Waals surface area contributed by atoms with Crippen molar-refractivity contribution in [3.05, 3.63) is 70.2 Å². The number of halogens is 1. The van der Waals surface area contributed by atoms with E-state index < -0.39 is 10.0 Å². The van der Waals surface area contributed by atoms with Gasteiger partial charge >= 0.3 is 0 Å². The highest BCUT2D eigenvalue weighted by molar-refractivity contribution is 9.10. The summed E-state index contributed by atoms with van der Waals surface area (Å²) >= 11 is 3.34. The van der Waals surface area contributed by atoms with Crippen LogP contribution >= 0.6 is 15.9 Å². The number of sulfonamides is 1. The molecule has 2 aromatic carbocycles. The van der Waals surface area contributed by atoms with Crippen LogP contribution in [0, 0.1) is 0 Å². The highest BCUT2D eigenvalue weighted by atomic mass is 79.9. The molecule has 0 saturated carbocycles. The summed E-state index contributed by atoms with van der Waals surface area (Å²) in [6, 6.07) is 16.7. The quantitative estimate of drug-likeness (QED) is 0.742. The fourth-order valence-electron chi connectivity index (χ4n) is 2.36. The lowest BCUT2D eigenvalue weighted by Gasteiger charge is -2.21. The number of nitrogens with one attached hydrogen (secondary N) is 1. The maximum absolute atomic E-state index is 12.3. The molecule has 0 spiro atoms. The maximum atomic E-state index is 12.3. The Morgan fingerprint density at radius 3 is 2.28 bits per heavy atom. The van der Waals surface area contributed by atoms with Gasteiger partial charge in [-0.3, -0.25) is 4.79 Å². The predicted molar refractivity (Wildman–Crippen MR) is 102 cm³/mol. The van der Waals surface area contributed by atoms with Gasteiger partial charge in [-0.1, -0.05) is 58.4 Å². The molecule has 25 heavy (non-hydrogen) atoms. The molecule has 1 N–H and O–H groups in total. The zero-order valence-corrected chi connectivity index (χ0v) is 16.5. The SMILES string of the molecule is C[C@@H](NC(=O)CN(Cc1ccc(Br)cc1)S(C)(=O)=O)c1ccccc1. The minimum absolute atomic E-state index is 0.152. The minimum atomic E-state index is -3.51. The maximum Gasteiger partial charge on any atom is 0.235 e. The molecule has 0 heterocycles. The average Bonchev–Trinajstić information content (AvgIpc) is 2.56. The molecule has 2 rings (SSSR count). The number of amides is 1. The molecular weight excluding hydrogens is 404 g/mol. The summed E-state index contributed by atoms with van der Waals surface area (Å²) < 4.78 is 26.1. The van der Waals surface area contributed by atoms with E-state index in [4.69, 9.17) is 0 Å². The molecule has 0 unspecified atom stereocenters. The monoisotopic (exact) mass is 424 g/mol. The zero-order chi connectivity index (χ0) is 18.4. The van der Waals surface area contributed by atoms with Gasteiger partial charge in [0.05, 0.1) is 18.8 Å². The van der Waals surface area contributed by atoms with E-state index >= 15 is 0 Å². The summed E-state index contributed by atoms with van der Waals surface area (Å²) in [7, 11) is -3.51. The van der Waals surface area contributed by atoms with Gasteiger partial charge in [-0.15, -0.1) is 0 Å². The van der Waals surface area contributed by atoms with Crippen LogP contribution in [0.5, 0.6) is 0 Å². The van der Waals surface area contributed by atoms with Crippen molar-refractivity contribution in [2.45, 2.75) is 19.5 Å². The van der Waals surface area contributed by atoms with E-state index in [-0.39, 0.29) is 25.0 Å². The molecule has 2 aromatic rings. The second-order valence-corrected chi connectivity index (χ2v) is 8.76. The van der Waals surface area contributed by atoms with Gasteiger partial charge in [-0.2, -0.15) is 4.31 Å². The van der Waals surface area contributed by atoms with Gasteiger partial charge in [-0.25, -0.2) is 8.42 Å². The molecule has 0 aliphatic heterocycles. The Balaban J connectivity index is 2.04. The number of carbonyl (C=O) groups is 1. The predicted octanol–water partition coefficient (Wildman–Crippen LogP) is 3.09. The van der Waals surface area contributed by atoms with E-state index in [0.29, 0.717) is 0 Å². The Bertz CT molecular complexity index is 808. The summed E-state index contributed by atoms with van der Waals surface area (Å²) in [5.41, 5.74) is 1.78. The van der Waals surface area contributed by atoms with Gasteiger partial charge in [0.1, 0.15) is 0 Å². The van der Waals surface area contributed by atoms with E-state index in [2.05, 4.69) is 21.2 Å². The third-order valence-electron chi connectivity index (χ3n) is 3.74. The highest BCUT2D eigenvalue weighted by Crippen LogP contribution is 2.14. The molecule has 0 aliphatic rings. The molecule has 0 fully saturated rings. The molecule has 0 saturated heterocycles. The molecular formula is C18H21BrN2O3S. The largest absolute Gasteiger partial charge is 0.348 e. The summed E-state index contributed by atoms with van der Waals surface area (Å²) in [4.78, 5) is 12.3. The van der Waals surface area contributed by atoms with Gasteiger partial charge in [0.25, 0.3) is 0 Å². The number of rotatable bonds is 7. The topological polar surface area (TPSA) is 66.5 Å². The lowest BCUT2D eigenvalue weighted by atomic mass is 10.1. The average molecular weight is 425 g/mol. The first-order valence-electron chi connectivity index (χ1n) is 7.79. The van der Waals surface area contributed by atoms with Gasteiger partial charge in [0, 0.05) is 11.0 Å². The van der Waals surface area contributed by atoms with E-state index in [0.717, 1.165) is 21.9 Å². The third kappa shape index (κ3) is 6.26. The van der Waals surface area contributed by atoms with Gasteiger partial charge in [0.2, 0.25) is 15.9 Å². The van der Waals surface area contributed by atoms with Crippen molar-refractivity contribution in [2.75, 3.05) is 12.8 Å². The highest BCUT2D eigenvalue weighted by Gasteiger charge is 2.21. The van der Waals surface area contributed by atoms with E-state index in [1.807, 2.05) is 61.5 Å². The normalized spacial score (nSPS) is 12.8. The molecule has 1 atom stereocenters. The smallest absolute Gasteiger partial charge is 0.235 e. The van der Waals surface area contributed by atoms with Crippen molar-refractivity contribution in [3.8, 4) is 0 Å². The van der Waals surface area contributed by atoms with Crippen LogP contribution < -0.4 is 5.32 Å². The van der Waals surface area contributed by atoms with Crippen LogP contribution in [-0.2, 0) is 21.4 Å². The molecule has 1 amide bonds. The number of hydrogen-bond donors (Lipinski definition) is 1.